The summed E-state index contributed by atoms with van der Waals surface area (Å²) in [6.45, 7) is 5.02. The van der Waals surface area contributed by atoms with Crippen LogP contribution in [0.1, 0.15) is 47.8 Å². The minimum Gasteiger partial charge on any atom is -0.508 e. The number of ether oxygens (including phenoxy) is 1. The predicted octanol–water partition coefficient (Wildman–Crippen LogP) is 2.03. The lowest BCUT2D eigenvalue weighted by Gasteiger charge is -2.23. The van der Waals surface area contributed by atoms with Crippen LogP contribution in [0.25, 0.3) is 0 Å². The van der Waals surface area contributed by atoms with E-state index in [9.17, 15) is 30.0 Å². The van der Waals surface area contributed by atoms with E-state index in [1.807, 2.05) is 13.8 Å². The molecule has 0 unspecified atom stereocenters. The Morgan fingerprint density at radius 3 is 2.06 bits per heavy atom. The molecule has 4 N–H and O–H groups in total. The number of benzene rings is 2. The Balaban J connectivity index is 2.50. The predicted molar refractivity (Wildman–Crippen MR) is 119 cm³/mol. The molecule has 0 radical (unpaired) electrons. The zero-order valence-electron chi connectivity index (χ0n) is 18.7. The Kier molecular flexibility index (Phi) is 9.04. The van der Waals surface area contributed by atoms with Gasteiger partial charge in [-0.05, 0) is 55.7 Å². The standard InChI is InChI=1S/C24H31NO7/c1-4-18-19(13-22(30)25(9-11-26)10-12-27)23(21(29)14-20(18)28)24(31)16-5-7-17(8-6-16)32-15(2)3/h5-8,14-15,26-29H,4,9-13H2,1-3H3. The van der Waals surface area contributed by atoms with E-state index in [4.69, 9.17) is 4.74 Å². The summed E-state index contributed by atoms with van der Waals surface area (Å²) in [5.74, 6) is -0.971. The zero-order chi connectivity index (χ0) is 23.8. The number of aliphatic hydroxyl groups is 2. The van der Waals surface area contributed by atoms with Gasteiger partial charge in [0.25, 0.3) is 0 Å². The number of aliphatic hydroxyl groups excluding tert-OH is 2. The third-order valence-electron chi connectivity index (χ3n) is 4.99. The summed E-state index contributed by atoms with van der Waals surface area (Å²) in [5, 5.41) is 39.3. The van der Waals surface area contributed by atoms with Crippen molar-refractivity contribution in [1.29, 1.82) is 0 Å². The maximum absolute atomic E-state index is 13.3. The van der Waals surface area contributed by atoms with Crippen molar-refractivity contribution >= 4 is 11.7 Å². The number of nitrogens with zero attached hydrogens (tertiary/aromatic N) is 1. The minimum absolute atomic E-state index is 0.0201. The second-order valence-corrected chi connectivity index (χ2v) is 7.63. The molecule has 8 heteroatoms. The third-order valence-corrected chi connectivity index (χ3v) is 4.99. The number of hydrogen-bond acceptors (Lipinski definition) is 7. The number of rotatable bonds is 11. The quantitative estimate of drug-likeness (QED) is 0.390. The van der Waals surface area contributed by atoms with Gasteiger partial charge in [0.05, 0.1) is 31.3 Å². The molecular formula is C24H31NO7. The third kappa shape index (κ3) is 5.99. The van der Waals surface area contributed by atoms with Crippen LogP contribution in [0.5, 0.6) is 17.2 Å². The fourth-order valence-corrected chi connectivity index (χ4v) is 3.56. The molecule has 0 saturated carbocycles. The number of hydrogen-bond donors (Lipinski definition) is 4. The normalized spacial score (nSPS) is 10.9. The number of ketones is 1. The monoisotopic (exact) mass is 445 g/mol. The second kappa shape index (κ2) is 11.5. The van der Waals surface area contributed by atoms with Crippen molar-refractivity contribution in [2.24, 2.45) is 0 Å². The number of phenols is 2. The van der Waals surface area contributed by atoms with E-state index in [2.05, 4.69) is 0 Å². The zero-order valence-corrected chi connectivity index (χ0v) is 18.7. The smallest absolute Gasteiger partial charge is 0.227 e. The van der Waals surface area contributed by atoms with Crippen LogP contribution in [0, 0.1) is 0 Å². The van der Waals surface area contributed by atoms with Gasteiger partial charge in [-0.1, -0.05) is 6.92 Å². The van der Waals surface area contributed by atoms with Crippen molar-refractivity contribution in [3.8, 4) is 17.2 Å². The number of carbonyl (C=O) groups is 2. The van der Waals surface area contributed by atoms with Gasteiger partial charge in [-0.2, -0.15) is 0 Å². The van der Waals surface area contributed by atoms with E-state index in [-0.39, 0.29) is 55.7 Å². The van der Waals surface area contributed by atoms with E-state index >= 15 is 0 Å². The first-order chi connectivity index (χ1) is 15.2. The summed E-state index contributed by atoms with van der Waals surface area (Å²) >= 11 is 0. The number of aromatic hydroxyl groups is 2. The minimum atomic E-state index is -0.494. The van der Waals surface area contributed by atoms with Crippen LogP contribution >= 0.6 is 0 Å². The van der Waals surface area contributed by atoms with Crippen LogP contribution in [-0.2, 0) is 17.6 Å². The van der Waals surface area contributed by atoms with Crippen molar-refractivity contribution in [2.75, 3.05) is 26.3 Å². The van der Waals surface area contributed by atoms with Gasteiger partial charge in [-0.25, -0.2) is 0 Å². The molecule has 0 atom stereocenters. The number of carbonyl (C=O) groups excluding carboxylic acids is 2. The van der Waals surface area contributed by atoms with Crippen LogP contribution in [0.2, 0.25) is 0 Å². The molecule has 2 rings (SSSR count). The van der Waals surface area contributed by atoms with Gasteiger partial charge in [0, 0.05) is 24.7 Å². The van der Waals surface area contributed by atoms with Crippen molar-refractivity contribution in [3.05, 3.63) is 52.6 Å². The molecule has 0 heterocycles. The Hall–Kier alpha value is -3.10. The van der Waals surface area contributed by atoms with Crippen molar-refractivity contribution < 1.29 is 34.8 Å². The fourth-order valence-electron chi connectivity index (χ4n) is 3.56. The summed E-state index contributed by atoms with van der Waals surface area (Å²) in [4.78, 5) is 27.4. The molecule has 0 aliphatic rings. The lowest BCUT2D eigenvalue weighted by molar-refractivity contribution is -0.131. The lowest BCUT2D eigenvalue weighted by atomic mass is 9.89. The fraction of sp³-hybridized carbons (Fsp3) is 0.417. The van der Waals surface area contributed by atoms with Crippen LogP contribution in [0.15, 0.2) is 30.3 Å². The Bertz CT molecular complexity index is 932. The molecule has 1 amide bonds. The highest BCUT2D eigenvalue weighted by atomic mass is 16.5. The maximum Gasteiger partial charge on any atom is 0.227 e. The van der Waals surface area contributed by atoms with Crippen LogP contribution < -0.4 is 4.74 Å². The molecule has 0 saturated heterocycles. The first-order valence-corrected chi connectivity index (χ1v) is 10.6. The van der Waals surface area contributed by atoms with Gasteiger partial charge in [0.2, 0.25) is 5.91 Å². The van der Waals surface area contributed by atoms with E-state index in [0.717, 1.165) is 6.07 Å². The summed E-state index contributed by atoms with van der Waals surface area (Å²) in [5.41, 5.74) is 0.842. The largest absolute Gasteiger partial charge is 0.508 e. The summed E-state index contributed by atoms with van der Waals surface area (Å²) in [7, 11) is 0. The van der Waals surface area contributed by atoms with Gasteiger partial charge in [-0.15, -0.1) is 0 Å². The van der Waals surface area contributed by atoms with Crippen LogP contribution in [0.4, 0.5) is 0 Å². The molecule has 0 aliphatic carbocycles. The number of phenolic OH excluding ortho intramolecular Hbond substituents is 2. The molecule has 8 nitrogen and oxygen atoms in total. The highest BCUT2D eigenvalue weighted by Crippen LogP contribution is 2.35. The lowest BCUT2D eigenvalue weighted by Crippen LogP contribution is -2.37. The molecule has 2 aromatic carbocycles. The van der Waals surface area contributed by atoms with Crippen LogP contribution in [-0.4, -0.2) is 69.4 Å². The van der Waals surface area contributed by atoms with Crippen LogP contribution in [0.3, 0.4) is 0 Å². The molecule has 0 aliphatic heterocycles. The summed E-state index contributed by atoms with van der Waals surface area (Å²) in [6.07, 6.45) is 0.0277. The summed E-state index contributed by atoms with van der Waals surface area (Å²) in [6, 6.07) is 7.57. The Labute approximate surface area is 187 Å². The number of amides is 1. The van der Waals surface area contributed by atoms with Crippen molar-refractivity contribution in [1.82, 2.24) is 4.90 Å². The van der Waals surface area contributed by atoms with Gasteiger partial charge in [0.15, 0.2) is 5.78 Å². The SMILES string of the molecule is CCc1c(O)cc(O)c(C(=O)c2ccc(OC(C)C)cc2)c1CC(=O)N(CCO)CCO. The molecule has 0 spiro atoms. The summed E-state index contributed by atoms with van der Waals surface area (Å²) < 4.78 is 5.59. The van der Waals surface area contributed by atoms with Crippen molar-refractivity contribution in [3.63, 3.8) is 0 Å². The van der Waals surface area contributed by atoms with Gasteiger partial charge in [0.1, 0.15) is 17.2 Å². The Morgan fingerprint density at radius 2 is 1.56 bits per heavy atom. The van der Waals surface area contributed by atoms with Crippen molar-refractivity contribution in [2.45, 2.75) is 39.7 Å². The molecule has 174 valence electrons. The maximum atomic E-state index is 13.3. The average molecular weight is 446 g/mol. The molecule has 2 aromatic rings. The van der Waals surface area contributed by atoms with E-state index in [0.29, 0.717) is 23.3 Å². The molecule has 0 aromatic heterocycles. The molecule has 0 fully saturated rings. The van der Waals surface area contributed by atoms with E-state index in [1.165, 1.54) is 4.90 Å². The first kappa shape index (κ1) is 25.2. The van der Waals surface area contributed by atoms with E-state index < -0.39 is 17.4 Å². The van der Waals surface area contributed by atoms with E-state index in [1.54, 1.807) is 31.2 Å². The topological polar surface area (TPSA) is 128 Å². The van der Waals surface area contributed by atoms with Gasteiger partial charge in [-0.3, -0.25) is 9.59 Å². The Morgan fingerprint density at radius 1 is 0.969 bits per heavy atom. The van der Waals surface area contributed by atoms with Gasteiger partial charge >= 0.3 is 0 Å². The molecule has 0 bridgehead atoms. The highest BCUT2D eigenvalue weighted by molar-refractivity contribution is 6.12. The average Bonchev–Trinajstić information content (AvgIpc) is 2.73. The molecular weight excluding hydrogens is 414 g/mol. The highest BCUT2D eigenvalue weighted by Gasteiger charge is 2.26. The molecule has 32 heavy (non-hydrogen) atoms. The first-order valence-electron chi connectivity index (χ1n) is 10.6. The van der Waals surface area contributed by atoms with Gasteiger partial charge < -0.3 is 30.1 Å². The second-order valence-electron chi connectivity index (χ2n) is 7.63.